The minimum Gasteiger partial charge on any atom is -0.365 e. The highest BCUT2D eigenvalue weighted by atomic mass is 16.6. The molecule has 9 nitrogen and oxygen atoms in total. The van der Waals surface area contributed by atoms with Gasteiger partial charge in [-0.1, -0.05) is 0 Å². The van der Waals surface area contributed by atoms with Gasteiger partial charge in [-0.3, -0.25) is 24.6 Å². The third-order valence-electron chi connectivity index (χ3n) is 5.49. The summed E-state index contributed by atoms with van der Waals surface area (Å²) in [5, 5.41) is 17.0. The molecule has 0 radical (unpaired) electrons. The zero-order chi connectivity index (χ0) is 21.1. The Morgan fingerprint density at radius 2 is 2.07 bits per heavy atom. The quantitative estimate of drug-likeness (QED) is 0.540. The van der Waals surface area contributed by atoms with E-state index in [9.17, 15) is 19.7 Å². The zero-order valence-corrected chi connectivity index (χ0v) is 17.2. The molecule has 0 saturated carbocycles. The molecule has 0 bridgehead atoms. The average molecular weight is 403 g/mol. The van der Waals surface area contributed by atoms with E-state index in [2.05, 4.69) is 20.4 Å². The van der Waals surface area contributed by atoms with Gasteiger partial charge in [-0.25, -0.2) is 0 Å². The minimum atomic E-state index is -0.404. The SMILES string of the molecule is CCNC(=O)C1Cc2cc([N+](=O)[O-])ccc2N2CCN(CC(=O)NC(C)C)CC12. The molecule has 2 aliphatic rings. The normalized spacial score (nSPS) is 21.3. The van der Waals surface area contributed by atoms with Crippen molar-refractivity contribution < 1.29 is 14.5 Å². The Labute approximate surface area is 170 Å². The first-order valence-electron chi connectivity index (χ1n) is 10.1. The van der Waals surface area contributed by atoms with Crippen LogP contribution in [0.5, 0.6) is 0 Å². The van der Waals surface area contributed by atoms with Crippen molar-refractivity contribution in [3.05, 3.63) is 33.9 Å². The Morgan fingerprint density at radius 1 is 1.31 bits per heavy atom. The van der Waals surface area contributed by atoms with E-state index >= 15 is 0 Å². The molecule has 0 spiro atoms. The number of benzene rings is 1. The van der Waals surface area contributed by atoms with Crippen LogP contribution < -0.4 is 15.5 Å². The molecule has 3 rings (SSSR count). The van der Waals surface area contributed by atoms with E-state index in [0.29, 0.717) is 39.1 Å². The summed E-state index contributed by atoms with van der Waals surface area (Å²) in [4.78, 5) is 40.0. The molecule has 1 aromatic rings. The second kappa shape index (κ2) is 8.77. The van der Waals surface area contributed by atoms with Crippen LogP contribution in [0.3, 0.4) is 0 Å². The molecule has 2 heterocycles. The summed E-state index contributed by atoms with van der Waals surface area (Å²) >= 11 is 0. The molecule has 29 heavy (non-hydrogen) atoms. The third-order valence-corrected chi connectivity index (χ3v) is 5.49. The van der Waals surface area contributed by atoms with Crippen molar-refractivity contribution in [1.29, 1.82) is 0 Å². The molecule has 2 amide bonds. The predicted octanol–water partition coefficient (Wildman–Crippen LogP) is 0.918. The Hall–Kier alpha value is -2.68. The van der Waals surface area contributed by atoms with Crippen molar-refractivity contribution in [3.8, 4) is 0 Å². The highest BCUT2D eigenvalue weighted by Crippen LogP contribution is 2.37. The van der Waals surface area contributed by atoms with E-state index < -0.39 is 4.92 Å². The summed E-state index contributed by atoms with van der Waals surface area (Å²) in [7, 11) is 0. The highest BCUT2D eigenvalue weighted by Gasteiger charge is 2.42. The molecule has 158 valence electrons. The van der Waals surface area contributed by atoms with Gasteiger partial charge in [0.2, 0.25) is 11.8 Å². The fourth-order valence-electron chi connectivity index (χ4n) is 4.30. The van der Waals surface area contributed by atoms with Crippen molar-refractivity contribution in [2.75, 3.05) is 37.6 Å². The van der Waals surface area contributed by atoms with Gasteiger partial charge >= 0.3 is 0 Å². The lowest BCUT2D eigenvalue weighted by atomic mass is 9.83. The van der Waals surface area contributed by atoms with E-state index in [4.69, 9.17) is 0 Å². The largest absolute Gasteiger partial charge is 0.365 e. The second-order valence-corrected chi connectivity index (χ2v) is 7.99. The first kappa shape index (κ1) is 21.0. The van der Waals surface area contributed by atoms with Crippen LogP contribution in [-0.2, 0) is 16.0 Å². The first-order valence-corrected chi connectivity index (χ1v) is 10.1. The number of rotatable bonds is 6. The number of carbonyl (C=O) groups excluding carboxylic acids is 2. The number of amides is 2. The second-order valence-electron chi connectivity index (χ2n) is 7.99. The van der Waals surface area contributed by atoms with E-state index in [0.717, 1.165) is 11.3 Å². The van der Waals surface area contributed by atoms with Crippen molar-refractivity contribution >= 4 is 23.2 Å². The lowest BCUT2D eigenvalue weighted by molar-refractivity contribution is -0.384. The van der Waals surface area contributed by atoms with E-state index in [1.807, 2.05) is 20.8 Å². The summed E-state index contributed by atoms with van der Waals surface area (Å²) in [6.45, 7) is 8.53. The van der Waals surface area contributed by atoms with Crippen LogP contribution in [0.1, 0.15) is 26.3 Å². The number of nitrogens with one attached hydrogen (secondary N) is 2. The van der Waals surface area contributed by atoms with Crippen molar-refractivity contribution in [1.82, 2.24) is 15.5 Å². The molecular formula is C20H29N5O4. The van der Waals surface area contributed by atoms with Crippen molar-refractivity contribution in [2.45, 2.75) is 39.3 Å². The van der Waals surface area contributed by atoms with Gasteiger partial charge in [0.05, 0.1) is 23.4 Å². The fraction of sp³-hybridized carbons (Fsp3) is 0.600. The Balaban J connectivity index is 1.85. The van der Waals surface area contributed by atoms with E-state index in [-0.39, 0.29) is 35.5 Å². The molecular weight excluding hydrogens is 374 g/mol. The van der Waals surface area contributed by atoms with E-state index in [1.165, 1.54) is 6.07 Å². The first-order chi connectivity index (χ1) is 13.8. The molecule has 2 aliphatic heterocycles. The number of anilines is 1. The van der Waals surface area contributed by atoms with Crippen LogP contribution in [0.25, 0.3) is 0 Å². The van der Waals surface area contributed by atoms with Gasteiger partial charge in [-0.2, -0.15) is 0 Å². The predicted molar refractivity (Wildman–Crippen MR) is 110 cm³/mol. The van der Waals surface area contributed by atoms with Crippen LogP contribution in [0, 0.1) is 16.0 Å². The van der Waals surface area contributed by atoms with Gasteiger partial charge in [0.1, 0.15) is 0 Å². The highest BCUT2D eigenvalue weighted by molar-refractivity contribution is 5.82. The smallest absolute Gasteiger partial charge is 0.269 e. The molecule has 2 N–H and O–H groups in total. The summed E-state index contributed by atoms with van der Waals surface area (Å²) in [5.41, 5.74) is 1.82. The Morgan fingerprint density at radius 3 is 2.72 bits per heavy atom. The zero-order valence-electron chi connectivity index (χ0n) is 17.2. The van der Waals surface area contributed by atoms with Crippen molar-refractivity contribution in [3.63, 3.8) is 0 Å². The molecule has 1 aromatic carbocycles. The Kier molecular flexibility index (Phi) is 6.36. The third kappa shape index (κ3) is 4.67. The van der Waals surface area contributed by atoms with Gasteiger partial charge in [0.15, 0.2) is 0 Å². The molecule has 0 aliphatic carbocycles. The summed E-state index contributed by atoms with van der Waals surface area (Å²) in [5.74, 6) is -0.386. The number of hydrogen-bond donors (Lipinski definition) is 2. The van der Waals surface area contributed by atoms with Crippen LogP contribution in [0.4, 0.5) is 11.4 Å². The number of fused-ring (bicyclic) bond motifs is 3. The fourth-order valence-corrected chi connectivity index (χ4v) is 4.30. The number of nitro groups is 1. The molecule has 1 saturated heterocycles. The number of non-ortho nitro benzene ring substituents is 1. The molecule has 0 aromatic heterocycles. The number of hydrogen-bond acceptors (Lipinski definition) is 6. The van der Waals surface area contributed by atoms with Gasteiger partial charge in [0.25, 0.3) is 5.69 Å². The maximum absolute atomic E-state index is 12.8. The van der Waals surface area contributed by atoms with Crippen LogP contribution >= 0.6 is 0 Å². The van der Waals surface area contributed by atoms with Crippen LogP contribution in [0.2, 0.25) is 0 Å². The summed E-state index contributed by atoms with van der Waals surface area (Å²) in [6, 6.07) is 4.90. The minimum absolute atomic E-state index is 0.0187. The monoisotopic (exact) mass is 403 g/mol. The molecule has 9 heteroatoms. The van der Waals surface area contributed by atoms with E-state index in [1.54, 1.807) is 12.1 Å². The van der Waals surface area contributed by atoms with Crippen molar-refractivity contribution in [2.24, 2.45) is 5.92 Å². The summed E-state index contributed by atoms with van der Waals surface area (Å²) in [6.07, 6.45) is 0.454. The van der Waals surface area contributed by atoms with Crippen LogP contribution in [0.15, 0.2) is 18.2 Å². The number of piperazine rings is 1. The lowest BCUT2D eigenvalue weighted by Gasteiger charge is -2.49. The molecule has 2 atom stereocenters. The standard InChI is InChI=1S/C20H29N5O4/c1-4-21-20(27)16-10-14-9-15(25(28)29)5-6-17(14)24-8-7-23(11-18(16)24)12-19(26)22-13(2)3/h5-6,9,13,16,18H,4,7-8,10-12H2,1-3H3,(H,21,27)(H,22,26). The van der Waals surface area contributed by atoms with Gasteiger partial charge in [-0.15, -0.1) is 0 Å². The lowest BCUT2D eigenvalue weighted by Crippen LogP contribution is -2.62. The Bertz CT molecular complexity index is 797. The average Bonchev–Trinajstić information content (AvgIpc) is 2.66. The maximum atomic E-state index is 12.8. The van der Waals surface area contributed by atoms with Gasteiger partial charge < -0.3 is 15.5 Å². The van der Waals surface area contributed by atoms with Gasteiger partial charge in [-0.05, 0) is 38.8 Å². The topological polar surface area (TPSA) is 108 Å². The number of carbonyl (C=O) groups is 2. The van der Waals surface area contributed by atoms with Crippen LogP contribution in [-0.4, -0.2) is 66.4 Å². The van der Waals surface area contributed by atoms with Gasteiger partial charge in [0, 0.05) is 50.0 Å². The number of nitro benzene ring substituents is 1. The molecule has 2 unspecified atom stereocenters. The number of nitrogens with zero attached hydrogens (tertiary/aromatic N) is 3. The summed E-state index contributed by atoms with van der Waals surface area (Å²) < 4.78 is 0. The molecule has 1 fully saturated rings. The maximum Gasteiger partial charge on any atom is 0.269 e.